The standard InChI is InChI=1S/C14H14BrFN2OS/c1-8(13-4-3-5-20-13)18(2)14(19)9-6-12(17)11(16)7-10(9)15/h3-8H,17H2,1-2H3. The van der Waals surface area contributed by atoms with Crippen molar-refractivity contribution in [3.63, 3.8) is 0 Å². The van der Waals surface area contributed by atoms with Gasteiger partial charge in [-0.15, -0.1) is 11.3 Å². The third-order valence-electron chi connectivity index (χ3n) is 3.17. The molecule has 106 valence electrons. The Balaban J connectivity index is 2.29. The van der Waals surface area contributed by atoms with E-state index in [2.05, 4.69) is 15.9 Å². The molecule has 1 heterocycles. The summed E-state index contributed by atoms with van der Waals surface area (Å²) in [5.41, 5.74) is 5.86. The van der Waals surface area contributed by atoms with Crippen molar-refractivity contribution in [2.24, 2.45) is 0 Å². The Kier molecular flexibility index (Phi) is 4.45. The van der Waals surface area contributed by atoms with Crippen molar-refractivity contribution in [3.8, 4) is 0 Å². The average molecular weight is 357 g/mol. The Labute approximate surface area is 129 Å². The Morgan fingerprint density at radius 2 is 2.20 bits per heavy atom. The number of hydrogen-bond donors (Lipinski definition) is 1. The lowest BCUT2D eigenvalue weighted by Gasteiger charge is -2.24. The number of nitrogens with two attached hydrogens (primary N) is 1. The van der Waals surface area contributed by atoms with Crippen LogP contribution in [0.3, 0.4) is 0 Å². The molecule has 0 bridgehead atoms. The zero-order chi connectivity index (χ0) is 14.9. The predicted octanol–water partition coefficient (Wildman–Crippen LogP) is 4.07. The SMILES string of the molecule is CC(c1cccs1)N(C)C(=O)c1cc(N)c(F)cc1Br. The molecular formula is C14H14BrFN2OS. The van der Waals surface area contributed by atoms with Gasteiger partial charge in [0.2, 0.25) is 0 Å². The number of nitrogens with zero attached hydrogens (tertiary/aromatic N) is 1. The van der Waals surface area contributed by atoms with E-state index in [0.717, 1.165) is 4.88 Å². The van der Waals surface area contributed by atoms with Gasteiger partial charge in [-0.25, -0.2) is 4.39 Å². The molecule has 6 heteroatoms. The first-order chi connectivity index (χ1) is 9.41. The summed E-state index contributed by atoms with van der Waals surface area (Å²) >= 11 is 4.80. The molecule has 0 radical (unpaired) electrons. The summed E-state index contributed by atoms with van der Waals surface area (Å²) in [5, 5.41) is 1.97. The molecule has 3 nitrogen and oxygen atoms in total. The maximum atomic E-state index is 13.3. The van der Waals surface area contributed by atoms with Crippen molar-refractivity contribution in [2.75, 3.05) is 12.8 Å². The minimum atomic E-state index is -0.539. The number of thiophene rings is 1. The van der Waals surface area contributed by atoms with Crippen LogP contribution in [0.25, 0.3) is 0 Å². The molecule has 0 saturated carbocycles. The first-order valence-electron chi connectivity index (χ1n) is 5.97. The minimum absolute atomic E-state index is 0.0336. The van der Waals surface area contributed by atoms with E-state index in [4.69, 9.17) is 5.73 Å². The fraction of sp³-hybridized carbons (Fsp3) is 0.214. The molecule has 20 heavy (non-hydrogen) atoms. The summed E-state index contributed by atoms with van der Waals surface area (Å²) in [6, 6.07) is 6.44. The number of anilines is 1. The fourth-order valence-corrected chi connectivity index (χ4v) is 3.13. The Morgan fingerprint density at radius 3 is 2.80 bits per heavy atom. The maximum absolute atomic E-state index is 13.3. The lowest BCUT2D eigenvalue weighted by atomic mass is 10.1. The van der Waals surface area contributed by atoms with Crippen molar-refractivity contribution in [3.05, 3.63) is 50.4 Å². The van der Waals surface area contributed by atoms with Crippen molar-refractivity contribution in [1.29, 1.82) is 0 Å². The molecule has 1 aromatic carbocycles. The van der Waals surface area contributed by atoms with Gasteiger partial charge in [0, 0.05) is 16.4 Å². The van der Waals surface area contributed by atoms with Crippen LogP contribution in [0.5, 0.6) is 0 Å². The summed E-state index contributed by atoms with van der Waals surface area (Å²) in [5.74, 6) is -0.744. The van der Waals surface area contributed by atoms with Crippen LogP contribution in [0.1, 0.15) is 28.2 Å². The summed E-state index contributed by atoms with van der Waals surface area (Å²) < 4.78 is 13.7. The third-order valence-corrected chi connectivity index (χ3v) is 4.87. The molecule has 0 aliphatic rings. The molecule has 0 aliphatic carbocycles. The van der Waals surface area contributed by atoms with E-state index >= 15 is 0 Å². The normalized spacial score (nSPS) is 12.2. The van der Waals surface area contributed by atoms with Crippen LogP contribution < -0.4 is 5.73 Å². The van der Waals surface area contributed by atoms with Crippen LogP contribution in [0, 0.1) is 5.82 Å². The zero-order valence-corrected chi connectivity index (χ0v) is 13.5. The molecule has 1 amide bonds. The highest BCUT2D eigenvalue weighted by Crippen LogP contribution is 2.28. The third kappa shape index (κ3) is 2.86. The second kappa shape index (κ2) is 5.93. The largest absolute Gasteiger partial charge is 0.396 e. The van der Waals surface area contributed by atoms with Crippen LogP contribution in [-0.4, -0.2) is 17.9 Å². The van der Waals surface area contributed by atoms with Gasteiger partial charge in [0.1, 0.15) is 5.82 Å². The van der Waals surface area contributed by atoms with Crippen LogP contribution in [-0.2, 0) is 0 Å². The molecule has 2 N–H and O–H groups in total. The average Bonchev–Trinajstić information content (AvgIpc) is 2.94. The van der Waals surface area contributed by atoms with Crippen molar-refractivity contribution < 1.29 is 9.18 Å². The molecule has 2 aromatic rings. The molecule has 1 aromatic heterocycles. The van der Waals surface area contributed by atoms with Crippen molar-refractivity contribution >= 4 is 38.9 Å². The van der Waals surface area contributed by atoms with Crippen molar-refractivity contribution in [2.45, 2.75) is 13.0 Å². The number of nitrogen functional groups attached to an aromatic ring is 1. The van der Waals surface area contributed by atoms with Gasteiger partial charge in [0.25, 0.3) is 5.91 Å². The Bertz CT molecular complexity index is 630. The lowest BCUT2D eigenvalue weighted by Crippen LogP contribution is -2.29. The molecular weight excluding hydrogens is 343 g/mol. The van der Waals surface area contributed by atoms with Crippen molar-refractivity contribution in [1.82, 2.24) is 4.90 Å². The summed E-state index contributed by atoms with van der Waals surface area (Å²) in [6.07, 6.45) is 0. The highest BCUT2D eigenvalue weighted by atomic mass is 79.9. The van der Waals surface area contributed by atoms with Crippen LogP contribution >= 0.6 is 27.3 Å². The molecule has 0 saturated heterocycles. The number of carbonyl (C=O) groups is 1. The van der Waals surface area contributed by atoms with E-state index in [-0.39, 0.29) is 17.6 Å². The van der Waals surface area contributed by atoms with E-state index in [0.29, 0.717) is 10.0 Å². The second-order valence-electron chi connectivity index (χ2n) is 4.46. The Morgan fingerprint density at radius 1 is 1.50 bits per heavy atom. The molecule has 0 aliphatic heterocycles. The van der Waals surface area contributed by atoms with Gasteiger partial charge < -0.3 is 10.6 Å². The first kappa shape index (κ1) is 15.0. The van der Waals surface area contributed by atoms with Gasteiger partial charge in [-0.05, 0) is 46.4 Å². The van der Waals surface area contributed by atoms with E-state index in [1.54, 1.807) is 23.3 Å². The van der Waals surface area contributed by atoms with Gasteiger partial charge in [-0.2, -0.15) is 0 Å². The summed E-state index contributed by atoms with van der Waals surface area (Å²) in [4.78, 5) is 15.2. The number of rotatable bonds is 3. The molecule has 1 unspecified atom stereocenters. The second-order valence-corrected chi connectivity index (χ2v) is 6.29. The fourth-order valence-electron chi connectivity index (χ4n) is 1.82. The molecule has 2 rings (SSSR count). The van der Waals surface area contributed by atoms with E-state index in [9.17, 15) is 9.18 Å². The van der Waals surface area contributed by atoms with Gasteiger partial charge in [0.15, 0.2) is 0 Å². The van der Waals surface area contributed by atoms with Crippen LogP contribution in [0.2, 0.25) is 0 Å². The molecule has 1 atom stereocenters. The quantitative estimate of drug-likeness (QED) is 0.842. The number of hydrogen-bond acceptors (Lipinski definition) is 3. The van der Waals surface area contributed by atoms with Crippen LogP contribution in [0.15, 0.2) is 34.1 Å². The topological polar surface area (TPSA) is 46.3 Å². The summed E-state index contributed by atoms with van der Waals surface area (Å²) in [7, 11) is 1.72. The molecule has 0 spiro atoms. The minimum Gasteiger partial charge on any atom is -0.396 e. The van der Waals surface area contributed by atoms with Gasteiger partial charge in [0.05, 0.1) is 17.3 Å². The van der Waals surface area contributed by atoms with Crippen LogP contribution in [0.4, 0.5) is 10.1 Å². The Hall–Kier alpha value is -1.40. The van der Waals surface area contributed by atoms with E-state index in [1.165, 1.54) is 12.1 Å². The van der Waals surface area contributed by atoms with E-state index in [1.807, 2.05) is 24.4 Å². The smallest absolute Gasteiger partial charge is 0.255 e. The predicted molar refractivity (Wildman–Crippen MR) is 83.3 cm³/mol. The van der Waals surface area contributed by atoms with E-state index < -0.39 is 5.82 Å². The number of halogens is 2. The zero-order valence-electron chi connectivity index (χ0n) is 11.1. The highest BCUT2D eigenvalue weighted by molar-refractivity contribution is 9.10. The highest BCUT2D eigenvalue weighted by Gasteiger charge is 2.22. The number of amides is 1. The number of benzene rings is 1. The van der Waals surface area contributed by atoms with Gasteiger partial charge in [-0.1, -0.05) is 6.07 Å². The van der Waals surface area contributed by atoms with Gasteiger partial charge in [-0.3, -0.25) is 4.79 Å². The summed E-state index contributed by atoms with van der Waals surface area (Å²) in [6.45, 7) is 1.95. The molecule has 0 fully saturated rings. The maximum Gasteiger partial charge on any atom is 0.255 e. The monoisotopic (exact) mass is 356 g/mol. The lowest BCUT2D eigenvalue weighted by molar-refractivity contribution is 0.0744. The number of carbonyl (C=O) groups excluding carboxylic acids is 1. The van der Waals surface area contributed by atoms with Gasteiger partial charge >= 0.3 is 0 Å². The first-order valence-corrected chi connectivity index (χ1v) is 7.64.